The summed E-state index contributed by atoms with van der Waals surface area (Å²) in [6, 6.07) is 0.858. The number of carbonyl (C=O) groups excluding carboxylic acids is 2. The van der Waals surface area contributed by atoms with Crippen molar-refractivity contribution in [2.75, 3.05) is 19.7 Å². The van der Waals surface area contributed by atoms with Gasteiger partial charge in [-0.15, -0.1) is 0 Å². The summed E-state index contributed by atoms with van der Waals surface area (Å²) in [6.45, 7) is 2.45. The minimum absolute atomic E-state index is 0.0368. The largest absolute Gasteiger partial charge is 0.465 e. The molecule has 0 saturated carbocycles. The summed E-state index contributed by atoms with van der Waals surface area (Å²) in [5.74, 6) is -2.02. The Bertz CT molecular complexity index is 908. The van der Waals surface area contributed by atoms with E-state index < -0.39 is 46.8 Å². The fourth-order valence-electron chi connectivity index (χ4n) is 5.04. The van der Waals surface area contributed by atoms with Gasteiger partial charge in [0.15, 0.2) is 0 Å². The van der Waals surface area contributed by atoms with Crippen molar-refractivity contribution in [1.29, 1.82) is 0 Å². The van der Waals surface area contributed by atoms with Crippen LogP contribution in [0.2, 0.25) is 0 Å². The van der Waals surface area contributed by atoms with E-state index in [1.165, 1.54) is 57.8 Å². The van der Waals surface area contributed by atoms with Gasteiger partial charge in [0.25, 0.3) is 5.91 Å². The Morgan fingerprint density at radius 2 is 1.27 bits per heavy atom. The van der Waals surface area contributed by atoms with Gasteiger partial charge in [-0.05, 0) is 37.5 Å². The smallest absolute Gasteiger partial charge is 0.417 e. The Morgan fingerprint density at radius 1 is 0.775 bits per heavy atom. The number of benzene rings is 1. The zero-order chi connectivity index (χ0) is 29.6. The van der Waals surface area contributed by atoms with Gasteiger partial charge in [-0.1, -0.05) is 84.0 Å². The molecule has 1 heterocycles. The number of rotatable bonds is 16. The fourth-order valence-corrected chi connectivity index (χ4v) is 5.04. The van der Waals surface area contributed by atoms with Crippen LogP contribution in [0.1, 0.15) is 125 Å². The average molecular weight is 580 g/mol. The maximum absolute atomic E-state index is 13.4. The number of esters is 1. The maximum atomic E-state index is 13.4. The molecule has 0 radical (unpaired) electrons. The predicted molar refractivity (Wildman–Crippen MR) is 142 cm³/mol. The Labute approximate surface area is 233 Å². The van der Waals surface area contributed by atoms with E-state index in [9.17, 15) is 35.9 Å². The Morgan fingerprint density at radius 3 is 1.75 bits per heavy atom. The normalized spacial score (nSPS) is 14.9. The van der Waals surface area contributed by atoms with E-state index in [0.29, 0.717) is 12.7 Å². The molecule has 0 N–H and O–H groups in total. The molecule has 10 heteroatoms. The maximum Gasteiger partial charge on any atom is 0.417 e. The summed E-state index contributed by atoms with van der Waals surface area (Å²) in [6.07, 6.45) is 6.17. The number of nitrogens with zero attached hydrogens (tertiary/aromatic N) is 1. The minimum Gasteiger partial charge on any atom is -0.465 e. The topological polar surface area (TPSA) is 46.6 Å². The third-order valence-electron chi connectivity index (χ3n) is 7.49. The zero-order valence-corrected chi connectivity index (χ0v) is 23.5. The van der Waals surface area contributed by atoms with Gasteiger partial charge in [0.05, 0.1) is 29.2 Å². The Hall–Kier alpha value is -2.26. The first-order chi connectivity index (χ1) is 18.9. The molecule has 0 unspecified atom stereocenters. The number of hydrogen-bond acceptors (Lipinski definition) is 3. The molecule has 1 saturated heterocycles. The van der Waals surface area contributed by atoms with Gasteiger partial charge in [0.2, 0.25) is 0 Å². The van der Waals surface area contributed by atoms with Gasteiger partial charge < -0.3 is 9.64 Å². The van der Waals surface area contributed by atoms with Crippen molar-refractivity contribution in [3.8, 4) is 0 Å². The van der Waals surface area contributed by atoms with Gasteiger partial charge in [0, 0.05) is 13.1 Å². The molecule has 1 fully saturated rings. The molecule has 1 aliphatic rings. The molecular weight excluding hydrogens is 536 g/mol. The first-order valence-electron chi connectivity index (χ1n) is 14.7. The zero-order valence-electron chi connectivity index (χ0n) is 23.5. The molecule has 0 spiro atoms. The van der Waals surface area contributed by atoms with Crippen LogP contribution in [0.5, 0.6) is 0 Å². The van der Waals surface area contributed by atoms with Crippen LogP contribution in [0.25, 0.3) is 0 Å². The van der Waals surface area contributed by atoms with Crippen LogP contribution in [0.3, 0.4) is 0 Å². The molecule has 0 aliphatic carbocycles. The molecule has 1 aromatic carbocycles. The third-order valence-corrected chi connectivity index (χ3v) is 7.49. The van der Waals surface area contributed by atoms with Crippen molar-refractivity contribution in [2.24, 2.45) is 5.92 Å². The summed E-state index contributed by atoms with van der Waals surface area (Å²) in [5, 5.41) is 0. The van der Waals surface area contributed by atoms with E-state index in [-0.39, 0.29) is 38.1 Å². The SMILES string of the molecule is CCCCCCCCCCCCCCCOC(=O)C1CCN(C(=O)c2cc(C(F)(F)F)ccc2C(F)(F)F)CC1. The highest BCUT2D eigenvalue weighted by Crippen LogP contribution is 2.37. The van der Waals surface area contributed by atoms with E-state index in [4.69, 9.17) is 4.74 Å². The van der Waals surface area contributed by atoms with Crippen molar-refractivity contribution in [3.63, 3.8) is 0 Å². The summed E-state index contributed by atoms with van der Waals surface area (Å²) in [4.78, 5) is 26.3. The number of hydrogen-bond donors (Lipinski definition) is 0. The van der Waals surface area contributed by atoms with Crippen LogP contribution >= 0.6 is 0 Å². The summed E-state index contributed by atoms with van der Waals surface area (Å²) < 4.78 is 84.7. The minimum atomic E-state index is -4.98. The second-order valence-electron chi connectivity index (χ2n) is 10.7. The van der Waals surface area contributed by atoms with E-state index >= 15 is 0 Å². The number of amides is 1. The summed E-state index contributed by atoms with van der Waals surface area (Å²) in [7, 11) is 0. The van der Waals surface area contributed by atoms with Crippen LogP contribution in [-0.2, 0) is 21.9 Å². The number of carbonyl (C=O) groups is 2. The number of ether oxygens (including phenoxy) is 1. The van der Waals surface area contributed by atoms with Crippen LogP contribution in [0.15, 0.2) is 18.2 Å². The van der Waals surface area contributed by atoms with Crippen LogP contribution in [0, 0.1) is 5.92 Å². The van der Waals surface area contributed by atoms with Gasteiger partial charge >= 0.3 is 18.3 Å². The van der Waals surface area contributed by atoms with E-state index in [0.717, 1.165) is 30.6 Å². The van der Waals surface area contributed by atoms with Gasteiger partial charge in [-0.25, -0.2) is 0 Å². The highest BCUT2D eigenvalue weighted by Gasteiger charge is 2.40. The molecule has 4 nitrogen and oxygen atoms in total. The van der Waals surface area contributed by atoms with Crippen LogP contribution in [0.4, 0.5) is 26.3 Å². The fraction of sp³-hybridized carbons (Fsp3) is 0.733. The quantitative estimate of drug-likeness (QED) is 0.111. The number of halogens is 6. The monoisotopic (exact) mass is 579 g/mol. The lowest BCUT2D eigenvalue weighted by Gasteiger charge is -2.31. The molecule has 0 aromatic heterocycles. The van der Waals surface area contributed by atoms with Crippen molar-refractivity contribution >= 4 is 11.9 Å². The first kappa shape index (κ1) is 33.9. The number of likely N-dealkylation sites (tertiary alicyclic amines) is 1. The molecule has 1 aromatic rings. The standard InChI is InChI=1S/C30H43F6NO3/c1-2-3-4-5-6-7-8-9-10-11-12-13-14-21-40-28(39)23-17-19-37(20-18-23)27(38)25-22-24(29(31,32)33)15-16-26(25)30(34,35)36/h15-16,22-23H,2-14,17-21H2,1H3. The van der Waals surface area contributed by atoms with Crippen LogP contribution < -0.4 is 0 Å². The third kappa shape index (κ3) is 11.7. The van der Waals surface area contributed by atoms with Gasteiger partial charge in [-0.3, -0.25) is 9.59 Å². The Kier molecular flexibility index (Phi) is 14.3. The molecular formula is C30H43F6NO3. The van der Waals surface area contributed by atoms with Crippen molar-refractivity contribution in [1.82, 2.24) is 4.90 Å². The molecule has 0 bridgehead atoms. The highest BCUT2D eigenvalue weighted by atomic mass is 19.4. The van der Waals surface area contributed by atoms with E-state index in [1.54, 1.807) is 0 Å². The van der Waals surface area contributed by atoms with Crippen molar-refractivity contribution in [3.05, 3.63) is 34.9 Å². The lowest BCUT2D eigenvalue weighted by molar-refractivity contribution is -0.150. The molecule has 0 atom stereocenters. The van der Waals surface area contributed by atoms with Crippen molar-refractivity contribution < 1.29 is 40.7 Å². The predicted octanol–water partition coefficient (Wildman–Crippen LogP) is 9.21. The number of alkyl halides is 6. The molecule has 1 aliphatic heterocycles. The molecule has 1 amide bonds. The van der Waals surface area contributed by atoms with Gasteiger partial charge in [-0.2, -0.15) is 26.3 Å². The van der Waals surface area contributed by atoms with Crippen molar-refractivity contribution in [2.45, 2.75) is 116 Å². The molecule has 228 valence electrons. The first-order valence-corrected chi connectivity index (χ1v) is 14.7. The summed E-state index contributed by atoms with van der Waals surface area (Å²) in [5.41, 5.74) is -3.77. The second kappa shape index (κ2) is 16.9. The number of unbranched alkanes of at least 4 members (excludes halogenated alkanes) is 12. The van der Waals surface area contributed by atoms with Crippen LogP contribution in [-0.4, -0.2) is 36.5 Å². The average Bonchev–Trinajstić information content (AvgIpc) is 2.91. The highest BCUT2D eigenvalue weighted by molar-refractivity contribution is 5.96. The lowest BCUT2D eigenvalue weighted by Crippen LogP contribution is -2.41. The second-order valence-corrected chi connectivity index (χ2v) is 10.7. The number of piperidine rings is 1. The van der Waals surface area contributed by atoms with Gasteiger partial charge in [0.1, 0.15) is 0 Å². The molecule has 40 heavy (non-hydrogen) atoms. The Balaban J connectivity index is 1.66. The lowest BCUT2D eigenvalue weighted by atomic mass is 9.95. The molecule has 2 rings (SSSR count). The van der Waals surface area contributed by atoms with E-state index in [1.807, 2.05) is 0 Å². The van der Waals surface area contributed by atoms with E-state index in [2.05, 4.69) is 6.92 Å². The summed E-state index contributed by atoms with van der Waals surface area (Å²) >= 11 is 0.